The number of alkyl halides is 4. The molecule has 100 valence electrons. The van der Waals surface area contributed by atoms with Crippen molar-refractivity contribution < 1.29 is 22.7 Å². The monoisotopic (exact) mass is 281 g/mol. The molecule has 0 aliphatic rings. The zero-order chi connectivity index (χ0) is 13.6. The molecule has 0 bridgehead atoms. The molecule has 0 saturated carbocycles. The van der Waals surface area contributed by atoms with Gasteiger partial charge in [-0.2, -0.15) is 13.2 Å². The molecule has 0 fully saturated rings. The van der Waals surface area contributed by atoms with Crippen molar-refractivity contribution in [2.24, 2.45) is 0 Å². The van der Waals surface area contributed by atoms with Crippen LogP contribution in [0.25, 0.3) is 0 Å². The van der Waals surface area contributed by atoms with Gasteiger partial charge in [-0.3, -0.25) is 4.79 Å². The van der Waals surface area contributed by atoms with Crippen molar-refractivity contribution in [1.82, 2.24) is 5.32 Å². The second kappa shape index (κ2) is 6.49. The molecule has 0 spiro atoms. The van der Waals surface area contributed by atoms with Crippen molar-refractivity contribution >= 4 is 17.5 Å². The number of carbonyl (C=O) groups excluding carboxylic acids is 1. The lowest BCUT2D eigenvalue weighted by atomic mass is 10.2. The number of hydrogen-bond acceptors (Lipinski definition) is 2. The summed E-state index contributed by atoms with van der Waals surface area (Å²) in [5, 5.41) is 2.46. The topological polar surface area (TPSA) is 38.3 Å². The van der Waals surface area contributed by atoms with E-state index < -0.39 is 11.7 Å². The first-order valence-corrected chi connectivity index (χ1v) is 5.59. The number of carbonyl (C=O) groups is 1. The van der Waals surface area contributed by atoms with Crippen LogP contribution in [0.3, 0.4) is 0 Å². The van der Waals surface area contributed by atoms with Crippen molar-refractivity contribution in [3.8, 4) is 5.75 Å². The molecule has 0 atom stereocenters. The summed E-state index contributed by atoms with van der Waals surface area (Å²) < 4.78 is 41.9. The van der Waals surface area contributed by atoms with E-state index in [1.54, 1.807) is 0 Å². The van der Waals surface area contributed by atoms with E-state index in [0.717, 1.165) is 12.1 Å². The van der Waals surface area contributed by atoms with Crippen molar-refractivity contribution in [1.29, 1.82) is 0 Å². The zero-order valence-electron chi connectivity index (χ0n) is 9.26. The minimum absolute atomic E-state index is 0.139. The molecule has 0 unspecified atom stereocenters. The Bertz CT molecular complexity index is 392. The quantitative estimate of drug-likeness (QED) is 0.665. The molecule has 0 radical (unpaired) electrons. The van der Waals surface area contributed by atoms with Crippen molar-refractivity contribution in [3.05, 3.63) is 29.8 Å². The maximum atomic E-state index is 12.3. The summed E-state index contributed by atoms with van der Waals surface area (Å²) in [5.74, 6) is -0.156. The van der Waals surface area contributed by atoms with E-state index >= 15 is 0 Å². The average molecular weight is 282 g/mol. The molecule has 3 nitrogen and oxygen atoms in total. The predicted molar refractivity (Wildman–Crippen MR) is 60.7 cm³/mol. The Hall–Kier alpha value is -1.43. The van der Waals surface area contributed by atoms with E-state index in [4.69, 9.17) is 16.3 Å². The van der Waals surface area contributed by atoms with Gasteiger partial charge < -0.3 is 10.1 Å². The molecule has 0 heterocycles. The van der Waals surface area contributed by atoms with Crippen molar-refractivity contribution in [2.45, 2.75) is 6.18 Å². The van der Waals surface area contributed by atoms with Crippen molar-refractivity contribution in [3.63, 3.8) is 0 Å². The van der Waals surface area contributed by atoms with Gasteiger partial charge >= 0.3 is 6.18 Å². The highest BCUT2D eigenvalue weighted by Gasteiger charge is 2.29. The summed E-state index contributed by atoms with van der Waals surface area (Å²) in [4.78, 5) is 10.8. The standard InChI is InChI=1S/C11H11ClF3NO2/c12-7-10(17)16-5-6-18-9-3-1-8(2-4-9)11(13,14)15/h1-4H,5-7H2,(H,16,17). The van der Waals surface area contributed by atoms with Crippen LogP contribution in [0, 0.1) is 0 Å². The lowest BCUT2D eigenvalue weighted by Gasteiger charge is -2.09. The van der Waals surface area contributed by atoms with Crippen LogP contribution >= 0.6 is 11.6 Å². The van der Waals surface area contributed by atoms with E-state index in [9.17, 15) is 18.0 Å². The molecular formula is C11H11ClF3NO2. The Kier molecular flexibility index (Phi) is 5.27. The van der Waals surface area contributed by atoms with E-state index in [2.05, 4.69) is 5.32 Å². The SMILES string of the molecule is O=C(CCl)NCCOc1ccc(C(F)(F)F)cc1. The van der Waals surface area contributed by atoms with Crippen LogP contribution < -0.4 is 10.1 Å². The molecule has 1 amide bonds. The number of amides is 1. The molecule has 0 aliphatic heterocycles. The molecule has 0 aromatic heterocycles. The minimum Gasteiger partial charge on any atom is -0.492 e. The maximum Gasteiger partial charge on any atom is 0.416 e. The minimum atomic E-state index is -4.35. The van der Waals surface area contributed by atoms with E-state index in [1.807, 2.05) is 0 Å². The van der Waals surface area contributed by atoms with Crippen LogP contribution in [0.15, 0.2) is 24.3 Å². The number of ether oxygens (including phenoxy) is 1. The molecule has 1 aromatic rings. The predicted octanol–water partition coefficient (Wildman–Crippen LogP) is 2.44. The Morgan fingerprint density at radius 1 is 1.28 bits per heavy atom. The van der Waals surface area contributed by atoms with Crippen LogP contribution in [-0.2, 0) is 11.0 Å². The Balaban J connectivity index is 2.38. The van der Waals surface area contributed by atoms with Crippen LogP contribution in [0.5, 0.6) is 5.75 Å². The first-order valence-electron chi connectivity index (χ1n) is 5.06. The fraction of sp³-hybridized carbons (Fsp3) is 0.364. The van der Waals surface area contributed by atoms with Gasteiger partial charge in [0.25, 0.3) is 0 Å². The number of nitrogens with one attached hydrogen (secondary N) is 1. The highest BCUT2D eigenvalue weighted by molar-refractivity contribution is 6.27. The average Bonchev–Trinajstić information content (AvgIpc) is 2.33. The van der Waals surface area contributed by atoms with Crippen LogP contribution in [0.1, 0.15) is 5.56 Å². The van der Waals surface area contributed by atoms with Gasteiger partial charge in [0.2, 0.25) is 5.91 Å². The van der Waals surface area contributed by atoms with Gasteiger partial charge in [-0.15, -0.1) is 11.6 Å². The van der Waals surface area contributed by atoms with Gasteiger partial charge in [0.1, 0.15) is 18.2 Å². The largest absolute Gasteiger partial charge is 0.492 e. The summed E-state index contributed by atoms with van der Waals surface area (Å²) in [6, 6.07) is 4.33. The maximum absolute atomic E-state index is 12.3. The molecule has 7 heteroatoms. The first kappa shape index (κ1) is 14.6. The number of hydrogen-bond donors (Lipinski definition) is 1. The summed E-state index contributed by atoms with van der Waals surface area (Å²) >= 11 is 5.25. The lowest BCUT2D eigenvalue weighted by molar-refractivity contribution is -0.137. The van der Waals surface area contributed by atoms with Gasteiger partial charge in [0, 0.05) is 0 Å². The van der Waals surface area contributed by atoms with Gasteiger partial charge in [-0.05, 0) is 24.3 Å². The van der Waals surface area contributed by atoms with Gasteiger partial charge in [-0.1, -0.05) is 0 Å². The first-order chi connectivity index (χ1) is 8.43. The Morgan fingerprint density at radius 2 is 1.89 bits per heavy atom. The van der Waals surface area contributed by atoms with Crippen molar-refractivity contribution in [2.75, 3.05) is 19.0 Å². The highest BCUT2D eigenvalue weighted by atomic mass is 35.5. The van der Waals surface area contributed by atoms with Crippen LogP contribution in [0.2, 0.25) is 0 Å². The Morgan fingerprint density at radius 3 is 2.39 bits per heavy atom. The third-order valence-electron chi connectivity index (χ3n) is 2.00. The molecule has 1 aromatic carbocycles. The molecular weight excluding hydrogens is 271 g/mol. The second-order valence-electron chi connectivity index (χ2n) is 3.35. The number of rotatable bonds is 5. The van der Waals surface area contributed by atoms with E-state index in [0.29, 0.717) is 5.75 Å². The molecule has 18 heavy (non-hydrogen) atoms. The van der Waals surface area contributed by atoms with Crippen LogP contribution in [0.4, 0.5) is 13.2 Å². The highest BCUT2D eigenvalue weighted by Crippen LogP contribution is 2.30. The van der Waals surface area contributed by atoms with E-state index in [1.165, 1.54) is 12.1 Å². The fourth-order valence-electron chi connectivity index (χ4n) is 1.15. The third-order valence-corrected chi connectivity index (χ3v) is 2.24. The third kappa shape index (κ3) is 4.83. The number of halogens is 4. The summed E-state index contributed by atoms with van der Waals surface area (Å²) in [7, 11) is 0. The van der Waals surface area contributed by atoms with Gasteiger partial charge in [0.15, 0.2) is 0 Å². The van der Waals surface area contributed by atoms with E-state index in [-0.39, 0.29) is 24.9 Å². The van der Waals surface area contributed by atoms with Gasteiger partial charge in [0.05, 0.1) is 12.1 Å². The molecule has 0 aliphatic carbocycles. The molecule has 0 saturated heterocycles. The summed E-state index contributed by atoms with van der Waals surface area (Å²) in [5.41, 5.74) is -0.731. The zero-order valence-corrected chi connectivity index (χ0v) is 10.0. The number of benzene rings is 1. The summed E-state index contributed by atoms with van der Waals surface area (Å²) in [6.45, 7) is 0.403. The second-order valence-corrected chi connectivity index (χ2v) is 3.62. The fourth-order valence-corrected chi connectivity index (χ4v) is 1.24. The lowest BCUT2D eigenvalue weighted by Crippen LogP contribution is -2.28. The van der Waals surface area contributed by atoms with Gasteiger partial charge in [-0.25, -0.2) is 0 Å². The smallest absolute Gasteiger partial charge is 0.416 e. The normalized spacial score (nSPS) is 11.1. The van der Waals surface area contributed by atoms with Crippen LogP contribution in [-0.4, -0.2) is 24.9 Å². The molecule has 1 N–H and O–H groups in total. The Labute approximate surface area is 107 Å². The molecule has 1 rings (SSSR count). The summed E-state index contributed by atoms with van der Waals surface area (Å²) in [6.07, 6.45) is -4.35.